The van der Waals surface area contributed by atoms with E-state index >= 15 is 0 Å². The van der Waals surface area contributed by atoms with Crippen molar-refractivity contribution in [2.45, 2.75) is 32.7 Å². The van der Waals surface area contributed by atoms with E-state index in [1.165, 1.54) is 10.1 Å². The van der Waals surface area contributed by atoms with Crippen LogP contribution in [0.1, 0.15) is 24.8 Å². The van der Waals surface area contributed by atoms with Crippen LogP contribution in [-0.2, 0) is 11.3 Å². The van der Waals surface area contributed by atoms with Crippen molar-refractivity contribution in [2.75, 3.05) is 13.2 Å². The number of fused-ring (bicyclic) bond motifs is 1. The standard InChI is InChI=1S/C22H25N3O4/c1-16-8-10-17(11-9-16)29-15-5-4-13-23-20(26)12-14-25-19-7-3-2-6-18(19)21(27)24-22(25)28/h2-3,6-11H,4-5,12-15H2,1H3,(H,23,26)(H,24,27,28). The Labute approximate surface area is 168 Å². The van der Waals surface area contributed by atoms with Gasteiger partial charge in [-0.15, -0.1) is 0 Å². The summed E-state index contributed by atoms with van der Waals surface area (Å²) < 4.78 is 7.08. The van der Waals surface area contributed by atoms with Gasteiger partial charge in [-0.3, -0.25) is 19.1 Å². The highest BCUT2D eigenvalue weighted by atomic mass is 16.5. The number of carbonyl (C=O) groups is 1. The topological polar surface area (TPSA) is 93.2 Å². The number of benzene rings is 2. The molecule has 2 aromatic carbocycles. The number of hydrogen-bond acceptors (Lipinski definition) is 4. The molecule has 29 heavy (non-hydrogen) atoms. The number of aromatic nitrogens is 2. The molecule has 0 unspecified atom stereocenters. The second kappa shape index (κ2) is 9.73. The minimum Gasteiger partial charge on any atom is -0.494 e. The fourth-order valence-electron chi connectivity index (χ4n) is 3.05. The first-order valence-electron chi connectivity index (χ1n) is 9.72. The van der Waals surface area contributed by atoms with Gasteiger partial charge >= 0.3 is 5.69 Å². The number of nitrogens with zero attached hydrogens (tertiary/aromatic N) is 1. The number of aryl methyl sites for hydroxylation is 2. The van der Waals surface area contributed by atoms with Crippen molar-refractivity contribution in [2.24, 2.45) is 0 Å². The van der Waals surface area contributed by atoms with Crippen molar-refractivity contribution in [1.82, 2.24) is 14.9 Å². The van der Waals surface area contributed by atoms with Gasteiger partial charge in [0.2, 0.25) is 5.91 Å². The lowest BCUT2D eigenvalue weighted by Crippen LogP contribution is -2.32. The molecule has 0 aliphatic rings. The van der Waals surface area contributed by atoms with Gasteiger partial charge in [0.1, 0.15) is 5.75 Å². The van der Waals surface area contributed by atoms with Gasteiger partial charge in [0.15, 0.2) is 0 Å². The Balaban J connectivity index is 1.40. The highest BCUT2D eigenvalue weighted by Gasteiger charge is 2.08. The smallest absolute Gasteiger partial charge is 0.328 e. The third-order valence-corrected chi connectivity index (χ3v) is 4.65. The van der Waals surface area contributed by atoms with E-state index in [1.807, 2.05) is 31.2 Å². The molecule has 0 saturated heterocycles. The molecule has 0 bridgehead atoms. The molecule has 152 valence electrons. The van der Waals surface area contributed by atoms with Gasteiger partial charge < -0.3 is 10.1 Å². The maximum Gasteiger partial charge on any atom is 0.328 e. The highest BCUT2D eigenvalue weighted by molar-refractivity contribution is 5.78. The lowest BCUT2D eigenvalue weighted by molar-refractivity contribution is -0.121. The summed E-state index contributed by atoms with van der Waals surface area (Å²) in [6.07, 6.45) is 1.80. The van der Waals surface area contributed by atoms with E-state index in [1.54, 1.807) is 24.3 Å². The number of aromatic amines is 1. The summed E-state index contributed by atoms with van der Waals surface area (Å²) in [4.78, 5) is 38.3. The lowest BCUT2D eigenvalue weighted by atomic mass is 10.2. The minimum absolute atomic E-state index is 0.133. The maximum atomic E-state index is 12.1. The molecule has 1 aromatic heterocycles. The molecule has 0 radical (unpaired) electrons. The molecule has 7 nitrogen and oxygen atoms in total. The van der Waals surface area contributed by atoms with E-state index in [0.717, 1.165) is 18.6 Å². The molecule has 1 amide bonds. The van der Waals surface area contributed by atoms with Gasteiger partial charge in [-0.25, -0.2) is 4.79 Å². The van der Waals surface area contributed by atoms with Gasteiger partial charge in [-0.1, -0.05) is 29.8 Å². The van der Waals surface area contributed by atoms with Crippen LogP contribution < -0.4 is 21.3 Å². The van der Waals surface area contributed by atoms with Crippen LogP contribution in [0.4, 0.5) is 0 Å². The molecule has 0 saturated carbocycles. The maximum absolute atomic E-state index is 12.1. The fourth-order valence-corrected chi connectivity index (χ4v) is 3.05. The Morgan fingerprint density at radius 3 is 2.62 bits per heavy atom. The Hall–Kier alpha value is -3.35. The molecule has 0 spiro atoms. The Bertz CT molecular complexity index is 1080. The number of para-hydroxylation sites is 1. The number of amides is 1. The van der Waals surface area contributed by atoms with Crippen LogP contribution in [0.25, 0.3) is 10.9 Å². The van der Waals surface area contributed by atoms with Crippen LogP contribution >= 0.6 is 0 Å². The number of ether oxygens (including phenoxy) is 1. The molecule has 0 fully saturated rings. The summed E-state index contributed by atoms with van der Waals surface area (Å²) in [7, 11) is 0. The molecule has 7 heteroatoms. The first kappa shape index (κ1) is 20.4. The van der Waals surface area contributed by atoms with Crippen LogP contribution in [0.3, 0.4) is 0 Å². The predicted molar refractivity (Wildman–Crippen MR) is 112 cm³/mol. The average molecular weight is 395 g/mol. The Morgan fingerprint density at radius 2 is 1.83 bits per heavy atom. The van der Waals surface area contributed by atoms with E-state index < -0.39 is 11.2 Å². The van der Waals surface area contributed by atoms with Crippen molar-refractivity contribution in [3.05, 3.63) is 74.9 Å². The minimum atomic E-state index is -0.505. The zero-order valence-corrected chi connectivity index (χ0v) is 16.4. The fraction of sp³-hybridized carbons (Fsp3) is 0.318. The van der Waals surface area contributed by atoms with Crippen LogP contribution in [0, 0.1) is 6.92 Å². The monoisotopic (exact) mass is 395 g/mol. The quantitative estimate of drug-likeness (QED) is 0.544. The van der Waals surface area contributed by atoms with Gasteiger partial charge in [-0.05, 0) is 44.0 Å². The molecule has 0 atom stereocenters. The summed E-state index contributed by atoms with van der Waals surface area (Å²) in [5.74, 6) is 0.713. The number of hydrogen-bond donors (Lipinski definition) is 2. The number of nitrogens with one attached hydrogen (secondary N) is 2. The van der Waals surface area contributed by atoms with Crippen LogP contribution in [0.5, 0.6) is 5.75 Å². The molecule has 0 aliphatic heterocycles. The van der Waals surface area contributed by atoms with Crippen molar-refractivity contribution < 1.29 is 9.53 Å². The van der Waals surface area contributed by atoms with Gasteiger partial charge in [0.25, 0.3) is 5.56 Å². The van der Waals surface area contributed by atoms with Crippen LogP contribution in [0.2, 0.25) is 0 Å². The first-order chi connectivity index (χ1) is 14.0. The van der Waals surface area contributed by atoms with Crippen molar-refractivity contribution >= 4 is 16.8 Å². The van der Waals surface area contributed by atoms with Gasteiger partial charge in [0, 0.05) is 19.5 Å². The van der Waals surface area contributed by atoms with Crippen molar-refractivity contribution in [1.29, 1.82) is 0 Å². The van der Waals surface area contributed by atoms with Crippen LogP contribution in [0.15, 0.2) is 58.1 Å². The van der Waals surface area contributed by atoms with Crippen LogP contribution in [-0.4, -0.2) is 28.6 Å². The number of H-pyrrole nitrogens is 1. The lowest BCUT2D eigenvalue weighted by Gasteiger charge is -2.10. The summed E-state index contributed by atoms with van der Waals surface area (Å²) in [5.41, 5.74) is 0.799. The van der Waals surface area contributed by atoms with Crippen molar-refractivity contribution in [3.63, 3.8) is 0 Å². The largest absolute Gasteiger partial charge is 0.494 e. The Morgan fingerprint density at radius 1 is 1.07 bits per heavy atom. The third kappa shape index (κ3) is 5.57. The van der Waals surface area contributed by atoms with Crippen molar-refractivity contribution in [3.8, 4) is 5.75 Å². The first-order valence-corrected chi connectivity index (χ1v) is 9.72. The summed E-state index contributed by atoms with van der Waals surface area (Å²) in [6, 6.07) is 14.8. The number of unbranched alkanes of at least 4 members (excludes halogenated alkanes) is 1. The Kier molecular flexibility index (Phi) is 6.84. The van der Waals surface area contributed by atoms with Gasteiger partial charge in [-0.2, -0.15) is 0 Å². The molecule has 2 N–H and O–H groups in total. The SMILES string of the molecule is Cc1ccc(OCCCCNC(=O)CCn2c(=O)[nH]c(=O)c3ccccc32)cc1. The number of carbonyl (C=O) groups excluding carboxylic acids is 1. The van der Waals surface area contributed by atoms with Gasteiger partial charge in [0.05, 0.1) is 17.5 Å². The molecule has 0 aliphatic carbocycles. The second-order valence-corrected chi connectivity index (χ2v) is 6.90. The number of rotatable bonds is 9. The summed E-state index contributed by atoms with van der Waals surface area (Å²) in [5, 5.41) is 3.29. The normalized spacial score (nSPS) is 10.8. The molecule has 3 aromatic rings. The molecular weight excluding hydrogens is 370 g/mol. The van der Waals surface area contributed by atoms with E-state index in [9.17, 15) is 14.4 Å². The third-order valence-electron chi connectivity index (χ3n) is 4.65. The summed E-state index contributed by atoms with van der Waals surface area (Å²) in [6.45, 7) is 3.38. The average Bonchev–Trinajstić information content (AvgIpc) is 2.71. The van der Waals surface area contributed by atoms with E-state index in [0.29, 0.717) is 24.1 Å². The second-order valence-electron chi connectivity index (χ2n) is 6.90. The molecule has 3 rings (SSSR count). The zero-order valence-electron chi connectivity index (χ0n) is 16.4. The highest BCUT2D eigenvalue weighted by Crippen LogP contribution is 2.11. The zero-order chi connectivity index (χ0) is 20.6. The summed E-state index contributed by atoms with van der Waals surface area (Å²) >= 11 is 0. The molecule has 1 heterocycles. The predicted octanol–water partition coefficient (Wildman–Crippen LogP) is 2.36. The molecular formula is C22H25N3O4. The van der Waals surface area contributed by atoms with E-state index in [4.69, 9.17) is 4.74 Å². The van der Waals surface area contributed by atoms with E-state index in [-0.39, 0.29) is 18.9 Å². The van der Waals surface area contributed by atoms with E-state index in [2.05, 4.69) is 10.3 Å².